The van der Waals surface area contributed by atoms with E-state index in [1.807, 2.05) is 0 Å². The smallest absolute Gasteiger partial charge is 0.339 e. The van der Waals surface area contributed by atoms with Crippen molar-refractivity contribution in [3.8, 4) is 0 Å². The molecule has 4 nitrogen and oxygen atoms in total. The SMILES string of the molecule is O=C(COC(=O)c1cc(F)ccc1Br)Nc1cc(F)ccc1F. The second kappa shape index (κ2) is 7.28. The number of carbonyl (C=O) groups excluding carboxylic acids is 2. The summed E-state index contributed by atoms with van der Waals surface area (Å²) in [5.41, 5.74) is -0.479. The first-order valence-corrected chi connectivity index (χ1v) is 7.03. The molecule has 0 saturated heterocycles. The average Bonchev–Trinajstić information content (AvgIpc) is 2.51. The van der Waals surface area contributed by atoms with Crippen molar-refractivity contribution in [3.05, 3.63) is 63.9 Å². The maximum atomic E-state index is 13.4. The Hall–Kier alpha value is -2.35. The fraction of sp³-hybridized carbons (Fsp3) is 0.0667. The summed E-state index contributed by atoms with van der Waals surface area (Å²) >= 11 is 3.05. The fourth-order valence-corrected chi connectivity index (χ4v) is 2.05. The first-order chi connectivity index (χ1) is 10.9. The minimum atomic E-state index is -0.939. The molecular formula is C15H9BrF3NO3. The van der Waals surface area contributed by atoms with Gasteiger partial charge in [0.1, 0.15) is 17.5 Å². The zero-order valence-corrected chi connectivity index (χ0v) is 13.0. The Labute approximate surface area is 137 Å². The lowest BCUT2D eigenvalue weighted by atomic mass is 10.2. The van der Waals surface area contributed by atoms with Crippen molar-refractivity contribution < 1.29 is 27.5 Å². The molecular weight excluding hydrogens is 379 g/mol. The van der Waals surface area contributed by atoms with Crippen LogP contribution in [0.3, 0.4) is 0 Å². The second-order valence-corrected chi connectivity index (χ2v) is 5.23. The molecule has 1 N–H and O–H groups in total. The highest BCUT2D eigenvalue weighted by Gasteiger charge is 2.15. The highest BCUT2D eigenvalue weighted by Crippen LogP contribution is 2.19. The normalized spacial score (nSPS) is 10.3. The van der Waals surface area contributed by atoms with Crippen molar-refractivity contribution in [2.24, 2.45) is 0 Å². The van der Waals surface area contributed by atoms with E-state index in [0.717, 1.165) is 30.3 Å². The van der Waals surface area contributed by atoms with Crippen LogP contribution >= 0.6 is 15.9 Å². The van der Waals surface area contributed by atoms with Crippen molar-refractivity contribution in [1.29, 1.82) is 0 Å². The van der Waals surface area contributed by atoms with Gasteiger partial charge in [-0.05, 0) is 46.3 Å². The number of carbonyl (C=O) groups is 2. The summed E-state index contributed by atoms with van der Waals surface area (Å²) in [6.07, 6.45) is 0. The van der Waals surface area contributed by atoms with Crippen LogP contribution < -0.4 is 5.32 Å². The van der Waals surface area contributed by atoms with Gasteiger partial charge in [-0.15, -0.1) is 0 Å². The molecule has 0 aliphatic rings. The minimum Gasteiger partial charge on any atom is -0.452 e. The molecule has 0 aliphatic heterocycles. The number of benzene rings is 2. The summed E-state index contributed by atoms with van der Waals surface area (Å²) in [7, 11) is 0. The molecule has 0 bridgehead atoms. The molecule has 1 amide bonds. The number of amides is 1. The molecule has 0 atom stereocenters. The molecule has 120 valence electrons. The maximum Gasteiger partial charge on any atom is 0.339 e. The molecule has 0 aromatic heterocycles. The van der Waals surface area contributed by atoms with Gasteiger partial charge in [0.25, 0.3) is 5.91 Å². The monoisotopic (exact) mass is 387 g/mol. The predicted octanol–water partition coefficient (Wildman–Crippen LogP) is 3.66. The highest BCUT2D eigenvalue weighted by atomic mass is 79.9. The van der Waals surface area contributed by atoms with E-state index >= 15 is 0 Å². The van der Waals surface area contributed by atoms with Crippen LogP contribution in [0.4, 0.5) is 18.9 Å². The zero-order valence-electron chi connectivity index (χ0n) is 11.4. The molecule has 0 heterocycles. The Morgan fingerprint density at radius 3 is 2.43 bits per heavy atom. The Kier molecular flexibility index (Phi) is 5.38. The molecule has 0 spiro atoms. The van der Waals surface area contributed by atoms with Crippen LogP contribution in [0.15, 0.2) is 40.9 Å². The second-order valence-electron chi connectivity index (χ2n) is 4.37. The van der Waals surface area contributed by atoms with Crippen LogP contribution in [0.2, 0.25) is 0 Å². The summed E-state index contributed by atoms with van der Waals surface area (Å²) < 4.78 is 44.4. The Morgan fingerprint density at radius 1 is 1.04 bits per heavy atom. The number of halogens is 4. The lowest BCUT2D eigenvalue weighted by Gasteiger charge is -2.08. The molecule has 2 aromatic rings. The van der Waals surface area contributed by atoms with Crippen LogP contribution in [0.5, 0.6) is 0 Å². The third-order valence-corrected chi connectivity index (χ3v) is 3.38. The molecule has 8 heteroatoms. The Bertz CT molecular complexity index is 768. The molecule has 0 aliphatic carbocycles. The van der Waals surface area contributed by atoms with Gasteiger partial charge in [0.2, 0.25) is 0 Å². The first kappa shape index (κ1) is 17.0. The number of anilines is 1. The Balaban J connectivity index is 1.97. The van der Waals surface area contributed by atoms with E-state index in [4.69, 9.17) is 4.74 Å². The number of ether oxygens (including phenoxy) is 1. The summed E-state index contributed by atoms with van der Waals surface area (Å²) in [5, 5.41) is 2.07. The lowest BCUT2D eigenvalue weighted by Crippen LogP contribution is -2.21. The van der Waals surface area contributed by atoms with Crippen molar-refractivity contribution in [3.63, 3.8) is 0 Å². The van der Waals surface area contributed by atoms with Gasteiger partial charge in [-0.3, -0.25) is 4.79 Å². The van der Waals surface area contributed by atoms with Crippen LogP contribution in [-0.2, 0) is 9.53 Å². The van der Waals surface area contributed by atoms with Crippen LogP contribution in [0, 0.1) is 17.5 Å². The van der Waals surface area contributed by atoms with E-state index < -0.39 is 35.9 Å². The van der Waals surface area contributed by atoms with E-state index in [9.17, 15) is 22.8 Å². The van der Waals surface area contributed by atoms with Gasteiger partial charge in [0.15, 0.2) is 6.61 Å². The third-order valence-electron chi connectivity index (χ3n) is 2.69. The van der Waals surface area contributed by atoms with Gasteiger partial charge in [0.05, 0.1) is 11.3 Å². The fourth-order valence-electron chi connectivity index (χ4n) is 1.64. The number of hydrogen-bond donors (Lipinski definition) is 1. The zero-order chi connectivity index (χ0) is 17.0. The predicted molar refractivity (Wildman–Crippen MR) is 79.4 cm³/mol. The average molecular weight is 388 g/mol. The largest absolute Gasteiger partial charge is 0.452 e. The van der Waals surface area contributed by atoms with E-state index in [-0.39, 0.29) is 11.3 Å². The van der Waals surface area contributed by atoms with Gasteiger partial charge in [-0.2, -0.15) is 0 Å². The van der Waals surface area contributed by atoms with Gasteiger partial charge in [-0.25, -0.2) is 18.0 Å². The van der Waals surface area contributed by atoms with E-state index in [2.05, 4.69) is 21.2 Å². The molecule has 2 aromatic carbocycles. The third kappa shape index (κ3) is 4.56. The number of rotatable bonds is 4. The Morgan fingerprint density at radius 2 is 1.70 bits per heavy atom. The van der Waals surface area contributed by atoms with Crippen molar-refractivity contribution >= 4 is 33.5 Å². The van der Waals surface area contributed by atoms with Crippen LogP contribution in [0.25, 0.3) is 0 Å². The molecule has 0 fully saturated rings. The first-order valence-electron chi connectivity index (χ1n) is 6.24. The topological polar surface area (TPSA) is 55.4 Å². The van der Waals surface area contributed by atoms with Gasteiger partial charge in [0, 0.05) is 10.5 Å². The van der Waals surface area contributed by atoms with Gasteiger partial charge >= 0.3 is 5.97 Å². The van der Waals surface area contributed by atoms with E-state index in [1.165, 1.54) is 6.07 Å². The number of esters is 1. The molecule has 0 radical (unpaired) electrons. The van der Waals surface area contributed by atoms with E-state index in [1.54, 1.807) is 0 Å². The van der Waals surface area contributed by atoms with Gasteiger partial charge < -0.3 is 10.1 Å². The van der Waals surface area contributed by atoms with Crippen LogP contribution in [-0.4, -0.2) is 18.5 Å². The standard InChI is InChI=1S/C15H9BrF3NO3/c16-11-3-1-8(17)5-10(11)15(22)23-7-14(21)20-13-6-9(18)2-4-12(13)19/h1-6H,7H2,(H,20,21). The van der Waals surface area contributed by atoms with Crippen LogP contribution in [0.1, 0.15) is 10.4 Å². The molecule has 2 rings (SSSR count). The minimum absolute atomic E-state index is 0.102. The summed E-state index contributed by atoms with van der Waals surface area (Å²) in [6.45, 7) is -0.738. The molecule has 0 saturated carbocycles. The quantitative estimate of drug-likeness (QED) is 0.814. The van der Waals surface area contributed by atoms with Gasteiger partial charge in [-0.1, -0.05) is 0 Å². The summed E-state index contributed by atoms with van der Waals surface area (Å²) in [6, 6.07) is 5.93. The summed E-state index contributed by atoms with van der Waals surface area (Å²) in [4.78, 5) is 23.4. The number of nitrogens with one attached hydrogen (secondary N) is 1. The van der Waals surface area contributed by atoms with Crippen molar-refractivity contribution in [2.75, 3.05) is 11.9 Å². The van der Waals surface area contributed by atoms with Crippen molar-refractivity contribution in [1.82, 2.24) is 0 Å². The van der Waals surface area contributed by atoms with E-state index in [0.29, 0.717) is 4.47 Å². The molecule has 23 heavy (non-hydrogen) atoms. The van der Waals surface area contributed by atoms with Crippen molar-refractivity contribution in [2.45, 2.75) is 0 Å². The highest BCUT2D eigenvalue weighted by molar-refractivity contribution is 9.10. The maximum absolute atomic E-state index is 13.4. The lowest BCUT2D eigenvalue weighted by molar-refractivity contribution is -0.119. The number of hydrogen-bond acceptors (Lipinski definition) is 3. The summed E-state index contributed by atoms with van der Waals surface area (Å²) in [5.74, 6) is -4.02. The molecule has 0 unspecified atom stereocenters.